The smallest absolute Gasteiger partial charge is 0.126 e. The third kappa shape index (κ3) is 5.86. The van der Waals surface area contributed by atoms with Gasteiger partial charge in [0.15, 0.2) is 0 Å². The standard InChI is InChI=1S/C17H24F2N2.2ClH/c18-16-9-13(10-17(19)11-16)12-21-7-3-15(4-8-21)14-1-5-20-6-2-14;;/h9-11,14-15,20H,1-8,12H2;2*1H. The molecule has 0 aliphatic carbocycles. The summed E-state index contributed by atoms with van der Waals surface area (Å²) in [7, 11) is 0. The van der Waals surface area contributed by atoms with Crippen molar-refractivity contribution in [2.24, 2.45) is 11.8 Å². The van der Waals surface area contributed by atoms with Crippen LogP contribution in [0.25, 0.3) is 0 Å². The number of likely N-dealkylation sites (tertiary alicyclic amines) is 1. The van der Waals surface area contributed by atoms with Gasteiger partial charge >= 0.3 is 0 Å². The molecular weight excluding hydrogens is 341 g/mol. The third-order valence-corrected chi connectivity index (χ3v) is 5.01. The topological polar surface area (TPSA) is 15.3 Å². The van der Waals surface area contributed by atoms with Gasteiger partial charge in [-0.1, -0.05) is 0 Å². The van der Waals surface area contributed by atoms with Gasteiger partial charge in [0.25, 0.3) is 0 Å². The SMILES string of the molecule is Cl.Cl.Fc1cc(F)cc(CN2CCC(C3CCNCC3)CC2)c1. The molecule has 1 aromatic rings. The van der Waals surface area contributed by atoms with Gasteiger partial charge in [0.2, 0.25) is 0 Å². The van der Waals surface area contributed by atoms with E-state index in [2.05, 4.69) is 10.2 Å². The molecule has 2 nitrogen and oxygen atoms in total. The fourth-order valence-electron chi connectivity index (χ4n) is 3.86. The molecule has 0 spiro atoms. The van der Waals surface area contributed by atoms with Crippen molar-refractivity contribution in [1.29, 1.82) is 0 Å². The van der Waals surface area contributed by atoms with E-state index in [1.807, 2.05) is 0 Å². The van der Waals surface area contributed by atoms with Crippen molar-refractivity contribution in [1.82, 2.24) is 10.2 Å². The summed E-state index contributed by atoms with van der Waals surface area (Å²) >= 11 is 0. The van der Waals surface area contributed by atoms with Gasteiger partial charge in [-0.15, -0.1) is 24.8 Å². The van der Waals surface area contributed by atoms with Crippen molar-refractivity contribution in [3.05, 3.63) is 35.4 Å². The minimum atomic E-state index is -0.477. The van der Waals surface area contributed by atoms with Crippen LogP contribution in [-0.2, 0) is 6.54 Å². The number of piperidine rings is 2. The van der Waals surface area contributed by atoms with E-state index in [1.165, 1.54) is 37.8 Å². The maximum atomic E-state index is 13.2. The Bertz CT molecular complexity index is 453. The van der Waals surface area contributed by atoms with E-state index in [9.17, 15) is 8.78 Å². The van der Waals surface area contributed by atoms with Gasteiger partial charge < -0.3 is 5.32 Å². The molecule has 0 unspecified atom stereocenters. The van der Waals surface area contributed by atoms with E-state index >= 15 is 0 Å². The zero-order valence-corrected chi connectivity index (χ0v) is 14.9. The highest BCUT2D eigenvalue weighted by Crippen LogP contribution is 2.31. The van der Waals surface area contributed by atoms with E-state index in [1.54, 1.807) is 0 Å². The van der Waals surface area contributed by atoms with Crippen LogP contribution in [-0.4, -0.2) is 31.1 Å². The van der Waals surface area contributed by atoms with Crippen molar-refractivity contribution < 1.29 is 8.78 Å². The van der Waals surface area contributed by atoms with Crippen LogP contribution < -0.4 is 5.32 Å². The summed E-state index contributed by atoms with van der Waals surface area (Å²) in [5, 5.41) is 3.42. The summed E-state index contributed by atoms with van der Waals surface area (Å²) in [5.41, 5.74) is 0.743. The van der Waals surface area contributed by atoms with Crippen molar-refractivity contribution in [2.45, 2.75) is 32.2 Å². The van der Waals surface area contributed by atoms with E-state index in [0.29, 0.717) is 6.54 Å². The van der Waals surface area contributed by atoms with Gasteiger partial charge in [0.1, 0.15) is 11.6 Å². The normalized spacial score (nSPS) is 20.6. The minimum Gasteiger partial charge on any atom is -0.317 e. The Labute approximate surface area is 149 Å². The van der Waals surface area contributed by atoms with Gasteiger partial charge in [-0.3, -0.25) is 4.90 Å². The highest BCUT2D eigenvalue weighted by atomic mass is 35.5. The molecule has 2 heterocycles. The van der Waals surface area contributed by atoms with Crippen LogP contribution in [0.5, 0.6) is 0 Å². The average Bonchev–Trinajstić information content (AvgIpc) is 2.48. The molecule has 0 amide bonds. The Morgan fingerprint density at radius 3 is 1.96 bits per heavy atom. The van der Waals surface area contributed by atoms with Crippen LogP contribution in [0.2, 0.25) is 0 Å². The van der Waals surface area contributed by atoms with Gasteiger partial charge in [0, 0.05) is 12.6 Å². The second-order valence-corrected chi connectivity index (χ2v) is 6.48. The summed E-state index contributed by atoms with van der Waals surface area (Å²) < 4.78 is 26.4. The molecule has 3 rings (SSSR count). The molecule has 0 saturated carbocycles. The summed E-state index contributed by atoms with van der Waals surface area (Å²) in [5.74, 6) is 0.761. The monoisotopic (exact) mass is 366 g/mol. The van der Waals surface area contributed by atoms with Crippen LogP contribution in [0.3, 0.4) is 0 Å². The fourth-order valence-corrected chi connectivity index (χ4v) is 3.86. The predicted molar refractivity (Wildman–Crippen MR) is 94.4 cm³/mol. The average molecular weight is 367 g/mol. The molecule has 1 N–H and O–H groups in total. The van der Waals surface area contributed by atoms with Crippen molar-refractivity contribution in [3.63, 3.8) is 0 Å². The summed E-state index contributed by atoms with van der Waals surface area (Å²) in [6, 6.07) is 3.83. The van der Waals surface area contributed by atoms with E-state index < -0.39 is 11.6 Å². The molecule has 2 aliphatic heterocycles. The van der Waals surface area contributed by atoms with Gasteiger partial charge in [-0.2, -0.15) is 0 Å². The number of rotatable bonds is 3. The lowest BCUT2D eigenvalue weighted by Crippen LogP contribution is -2.39. The van der Waals surface area contributed by atoms with Crippen LogP contribution in [0.4, 0.5) is 8.78 Å². The zero-order chi connectivity index (χ0) is 14.7. The highest BCUT2D eigenvalue weighted by molar-refractivity contribution is 5.85. The maximum absolute atomic E-state index is 13.2. The van der Waals surface area contributed by atoms with Crippen LogP contribution in [0.15, 0.2) is 18.2 Å². The van der Waals surface area contributed by atoms with Crippen molar-refractivity contribution in [2.75, 3.05) is 26.2 Å². The molecule has 0 bridgehead atoms. The minimum absolute atomic E-state index is 0. The number of nitrogens with zero attached hydrogens (tertiary/aromatic N) is 1. The Kier molecular flexibility index (Phi) is 8.76. The van der Waals surface area contributed by atoms with Gasteiger partial charge in [-0.05, 0) is 81.4 Å². The van der Waals surface area contributed by atoms with Gasteiger partial charge in [-0.25, -0.2) is 8.78 Å². The lowest BCUT2D eigenvalue weighted by Gasteiger charge is -2.37. The maximum Gasteiger partial charge on any atom is 0.126 e. The molecule has 0 aromatic heterocycles. The first-order valence-electron chi connectivity index (χ1n) is 8.09. The van der Waals surface area contributed by atoms with Crippen molar-refractivity contribution >= 4 is 24.8 Å². The first-order valence-corrected chi connectivity index (χ1v) is 8.09. The van der Waals surface area contributed by atoms with Gasteiger partial charge in [0.05, 0.1) is 0 Å². The number of nitrogens with one attached hydrogen (secondary N) is 1. The Balaban J connectivity index is 0.00000132. The van der Waals surface area contributed by atoms with E-state index in [-0.39, 0.29) is 24.8 Å². The molecule has 0 radical (unpaired) electrons. The van der Waals surface area contributed by atoms with E-state index in [4.69, 9.17) is 0 Å². The summed E-state index contributed by atoms with van der Waals surface area (Å²) in [6.45, 7) is 5.08. The third-order valence-electron chi connectivity index (χ3n) is 5.01. The van der Waals surface area contributed by atoms with Crippen LogP contribution >= 0.6 is 24.8 Å². The first kappa shape index (κ1) is 20.6. The molecule has 23 heavy (non-hydrogen) atoms. The summed E-state index contributed by atoms with van der Waals surface area (Å²) in [4.78, 5) is 2.33. The number of hydrogen-bond acceptors (Lipinski definition) is 2. The molecule has 2 saturated heterocycles. The fraction of sp³-hybridized carbons (Fsp3) is 0.647. The second-order valence-electron chi connectivity index (χ2n) is 6.48. The predicted octanol–water partition coefficient (Wildman–Crippen LogP) is 4.02. The molecule has 2 fully saturated rings. The van der Waals surface area contributed by atoms with Crippen LogP contribution in [0.1, 0.15) is 31.2 Å². The lowest BCUT2D eigenvalue weighted by atomic mass is 9.79. The quantitative estimate of drug-likeness (QED) is 0.868. The number of halogens is 4. The Morgan fingerprint density at radius 2 is 1.39 bits per heavy atom. The molecular formula is C17H26Cl2F2N2. The second kappa shape index (κ2) is 9.77. The zero-order valence-electron chi connectivity index (χ0n) is 13.3. The molecule has 2 aliphatic rings. The number of hydrogen-bond donors (Lipinski definition) is 1. The van der Waals surface area contributed by atoms with Crippen molar-refractivity contribution in [3.8, 4) is 0 Å². The Morgan fingerprint density at radius 1 is 0.870 bits per heavy atom. The first-order chi connectivity index (χ1) is 10.2. The molecule has 1 aromatic carbocycles. The summed E-state index contributed by atoms with van der Waals surface area (Å²) in [6.07, 6.45) is 5.06. The highest BCUT2D eigenvalue weighted by Gasteiger charge is 2.27. The van der Waals surface area contributed by atoms with E-state index in [0.717, 1.165) is 49.6 Å². The lowest BCUT2D eigenvalue weighted by molar-refractivity contribution is 0.126. The number of benzene rings is 1. The Hall–Kier alpha value is -0.420. The largest absolute Gasteiger partial charge is 0.317 e. The molecule has 132 valence electrons. The van der Waals surface area contributed by atoms with Crippen LogP contribution in [0, 0.1) is 23.5 Å². The molecule has 0 atom stereocenters. The molecule has 6 heteroatoms.